The van der Waals surface area contributed by atoms with Crippen molar-refractivity contribution in [2.45, 2.75) is 45.2 Å². The first kappa shape index (κ1) is 12.2. The molecule has 0 aromatic rings. The SMILES string of the molecule is C=CC(CC)(NC(C)(C)C)C(=O)O. The van der Waals surface area contributed by atoms with Crippen molar-refractivity contribution in [3.63, 3.8) is 0 Å². The van der Waals surface area contributed by atoms with Gasteiger partial charge < -0.3 is 5.11 Å². The molecule has 0 aromatic carbocycles. The van der Waals surface area contributed by atoms with E-state index in [1.807, 2.05) is 27.7 Å². The van der Waals surface area contributed by atoms with Crippen LogP contribution in [0.25, 0.3) is 0 Å². The lowest BCUT2D eigenvalue weighted by Crippen LogP contribution is -2.57. The van der Waals surface area contributed by atoms with Crippen LogP contribution in [0.4, 0.5) is 0 Å². The molecule has 3 heteroatoms. The summed E-state index contributed by atoms with van der Waals surface area (Å²) >= 11 is 0. The van der Waals surface area contributed by atoms with Crippen LogP contribution in [-0.4, -0.2) is 22.2 Å². The Kier molecular flexibility index (Phi) is 3.67. The van der Waals surface area contributed by atoms with Crippen molar-refractivity contribution >= 4 is 5.97 Å². The second-order valence-electron chi connectivity index (χ2n) is 4.21. The van der Waals surface area contributed by atoms with Gasteiger partial charge in [-0.25, -0.2) is 4.79 Å². The molecule has 0 bridgehead atoms. The van der Waals surface area contributed by atoms with Gasteiger partial charge >= 0.3 is 5.97 Å². The molecule has 3 nitrogen and oxygen atoms in total. The van der Waals surface area contributed by atoms with Gasteiger partial charge in [0.25, 0.3) is 0 Å². The van der Waals surface area contributed by atoms with Gasteiger partial charge in [0.1, 0.15) is 5.54 Å². The molecule has 0 aromatic heterocycles. The van der Waals surface area contributed by atoms with E-state index in [-0.39, 0.29) is 5.54 Å². The first-order valence-electron chi connectivity index (χ1n) is 4.44. The normalized spacial score (nSPS) is 16.3. The summed E-state index contributed by atoms with van der Waals surface area (Å²) in [6.45, 7) is 11.2. The zero-order valence-corrected chi connectivity index (χ0v) is 8.85. The van der Waals surface area contributed by atoms with E-state index in [9.17, 15) is 4.79 Å². The van der Waals surface area contributed by atoms with E-state index in [0.29, 0.717) is 6.42 Å². The van der Waals surface area contributed by atoms with E-state index in [4.69, 9.17) is 5.11 Å². The topological polar surface area (TPSA) is 49.3 Å². The highest BCUT2D eigenvalue weighted by atomic mass is 16.4. The van der Waals surface area contributed by atoms with Gasteiger partial charge in [-0.3, -0.25) is 5.32 Å². The molecule has 0 aliphatic heterocycles. The maximum atomic E-state index is 11.0. The van der Waals surface area contributed by atoms with Crippen LogP contribution in [0.2, 0.25) is 0 Å². The van der Waals surface area contributed by atoms with Crippen molar-refractivity contribution in [1.29, 1.82) is 0 Å². The Labute approximate surface area is 79.8 Å². The third-order valence-corrected chi connectivity index (χ3v) is 1.89. The molecule has 0 saturated carbocycles. The van der Waals surface area contributed by atoms with E-state index in [1.165, 1.54) is 6.08 Å². The Morgan fingerprint density at radius 2 is 2.00 bits per heavy atom. The Hall–Kier alpha value is -0.830. The second kappa shape index (κ2) is 3.92. The monoisotopic (exact) mass is 185 g/mol. The predicted octanol–water partition coefficient (Wildman–Crippen LogP) is 1.79. The van der Waals surface area contributed by atoms with Gasteiger partial charge in [0.05, 0.1) is 0 Å². The highest BCUT2D eigenvalue weighted by molar-refractivity contribution is 5.81. The van der Waals surface area contributed by atoms with Gasteiger partial charge in [0, 0.05) is 5.54 Å². The minimum atomic E-state index is -1.00. The average molecular weight is 185 g/mol. The lowest BCUT2D eigenvalue weighted by atomic mass is 9.92. The van der Waals surface area contributed by atoms with Crippen LogP contribution in [-0.2, 0) is 4.79 Å². The summed E-state index contributed by atoms with van der Waals surface area (Å²) in [6.07, 6.45) is 1.95. The highest BCUT2D eigenvalue weighted by Gasteiger charge is 2.36. The van der Waals surface area contributed by atoms with Gasteiger partial charge in [0.15, 0.2) is 0 Å². The smallest absolute Gasteiger partial charge is 0.327 e. The van der Waals surface area contributed by atoms with Crippen molar-refractivity contribution < 1.29 is 9.90 Å². The maximum absolute atomic E-state index is 11.0. The zero-order chi connectivity index (χ0) is 10.7. The summed E-state index contributed by atoms with van der Waals surface area (Å²) in [4.78, 5) is 11.0. The van der Waals surface area contributed by atoms with Gasteiger partial charge in [-0.2, -0.15) is 0 Å². The first-order chi connectivity index (χ1) is 5.77. The Morgan fingerprint density at radius 3 is 2.08 bits per heavy atom. The molecule has 0 amide bonds. The highest BCUT2D eigenvalue weighted by Crippen LogP contribution is 2.16. The molecule has 0 heterocycles. The number of carboxylic acid groups (broad SMARTS) is 1. The average Bonchev–Trinajstić information content (AvgIpc) is 1.98. The van der Waals surface area contributed by atoms with Crippen LogP contribution in [0, 0.1) is 0 Å². The minimum Gasteiger partial charge on any atom is -0.480 e. The Bertz CT molecular complexity index is 205. The van der Waals surface area contributed by atoms with Crippen molar-refractivity contribution in [2.24, 2.45) is 0 Å². The number of carbonyl (C=O) groups is 1. The summed E-state index contributed by atoms with van der Waals surface area (Å²) in [6, 6.07) is 0. The molecule has 0 aliphatic rings. The zero-order valence-electron chi connectivity index (χ0n) is 8.85. The van der Waals surface area contributed by atoms with Crippen molar-refractivity contribution in [3.05, 3.63) is 12.7 Å². The second-order valence-corrected chi connectivity index (χ2v) is 4.21. The molecule has 13 heavy (non-hydrogen) atoms. The molecule has 0 saturated heterocycles. The van der Waals surface area contributed by atoms with E-state index in [2.05, 4.69) is 11.9 Å². The Balaban J connectivity index is 4.79. The van der Waals surface area contributed by atoms with Crippen LogP contribution >= 0.6 is 0 Å². The predicted molar refractivity (Wildman–Crippen MR) is 53.7 cm³/mol. The fraction of sp³-hybridized carbons (Fsp3) is 0.700. The number of hydrogen-bond donors (Lipinski definition) is 2. The number of aliphatic carboxylic acids is 1. The van der Waals surface area contributed by atoms with Gasteiger partial charge in [-0.15, -0.1) is 6.58 Å². The molecule has 0 spiro atoms. The van der Waals surface area contributed by atoms with Crippen LogP contribution in [0.1, 0.15) is 34.1 Å². The summed E-state index contributed by atoms with van der Waals surface area (Å²) in [5, 5.41) is 12.1. The molecule has 0 aliphatic carbocycles. The largest absolute Gasteiger partial charge is 0.480 e. The third-order valence-electron chi connectivity index (χ3n) is 1.89. The summed E-state index contributed by atoms with van der Waals surface area (Å²) in [5.74, 6) is -0.875. The minimum absolute atomic E-state index is 0.234. The molecular weight excluding hydrogens is 166 g/mol. The van der Waals surface area contributed by atoms with Gasteiger partial charge in [0.2, 0.25) is 0 Å². The summed E-state index contributed by atoms with van der Waals surface area (Å²) in [7, 11) is 0. The number of rotatable bonds is 4. The van der Waals surface area contributed by atoms with Gasteiger partial charge in [-0.1, -0.05) is 13.0 Å². The summed E-state index contributed by atoms with van der Waals surface area (Å²) < 4.78 is 0. The number of hydrogen-bond acceptors (Lipinski definition) is 2. The van der Waals surface area contributed by atoms with Gasteiger partial charge in [-0.05, 0) is 27.2 Å². The van der Waals surface area contributed by atoms with Crippen molar-refractivity contribution in [3.8, 4) is 0 Å². The van der Waals surface area contributed by atoms with Crippen LogP contribution in [0.3, 0.4) is 0 Å². The molecule has 0 radical (unpaired) electrons. The van der Waals surface area contributed by atoms with Crippen molar-refractivity contribution in [1.82, 2.24) is 5.32 Å². The Morgan fingerprint density at radius 1 is 1.54 bits per heavy atom. The first-order valence-corrected chi connectivity index (χ1v) is 4.44. The van der Waals surface area contributed by atoms with Crippen LogP contribution < -0.4 is 5.32 Å². The van der Waals surface area contributed by atoms with Crippen LogP contribution in [0.15, 0.2) is 12.7 Å². The molecular formula is C10H19NO2. The van der Waals surface area contributed by atoms with E-state index < -0.39 is 11.5 Å². The number of nitrogens with one attached hydrogen (secondary N) is 1. The molecule has 2 N–H and O–H groups in total. The fourth-order valence-electron chi connectivity index (χ4n) is 1.24. The maximum Gasteiger partial charge on any atom is 0.327 e. The van der Waals surface area contributed by atoms with E-state index in [1.54, 1.807) is 0 Å². The quantitative estimate of drug-likeness (QED) is 0.656. The fourth-order valence-corrected chi connectivity index (χ4v) is 1.24. The lowest BCUT2D eigenvalue weighted by Gasteiger charge is -2.34. The molecule has 1 unspecified atom stereocenters. The molecule has 76 valence electrons. The van der Waals surface area contributed by atoms with E-state index >= 15 is 0 Å². The molecule has 1 atom stereocenters. The third kappa shape index (κ3) is 3.19. The standard InChI is InChI=1S/C10H19NO2/c1-6-10(7-2,8(12)13)11-9(3,4)5/h6,11H,1,7H2,2-5H3,(H,12,13). The number of carboxylic acids is 1. The molecule has 0 fully saturated rings. The van der Waals surface area contributed by atoms with Crippen LogP contribution in [0.5, 0.6) is 0 Å². The summed E-state index contributed by atoms with van der Waals surface area (Å²) in [5.41, 5.74) is -1.24. The lowest BCUT2D eigenvalue weighted by molar-refractivity contribution is -0.143. The molecule has 0 rings (SSSR count). The van der Waals surface area contributed by atoms with Crippen molar-refractivity contribution in [2.75, 3.05) is 0 Å². The van der Waals surface area contributed by atoms with E-state index in [0.717, 1.165) is 0 Å².